The van der Waals surface area contributed by atoms with Crippen molar-refractivity contribution in [3.63, 3.8) is 0 Å². The van der Waals surface area contributed by atoms with Crippen LogP contribution in [-0.4, -0.2) is 6.54 Å². The lowest BCUT2D eigenvalue weighted by molar-refractivity contribution is -0.137. The van der Waals surface area contributed by atoms with Crippen molar-refractivity contribution in [2.75, 3.05) is 11.9 Å². The Bertz CT molecular complexity index is 475. The highest BCUT2D eigenvalue weighted by Gasteiger charge is 2.33. The second-order valence-electron chi connectivity index (χ2n) is 5.06. The summed E-state index contributed by atoms with van der Waals surface area (Å²) in [5, 5.41) is 11.9. The predicted molar refractivity (Wildman–Crippen MR) is 78.0 cm³/mol. The lowest BCUT2D eigenvalue weighted by Gasteiger charge is -2.11. The third-order valence-corrected chi connectivity index (χ3v) is 3.30. The quantitative estimate of drug-likeness (QED) is 0.657. The molecule has 0 heterocycles. The molecule has 0 aliphatic heterocycles. The van der Waals surface area contributed by atoms with E-state index in [9.17, 15) is 13.2 Å². The van der Waals surface area contributed by atoms with Crippen molar-refractivity contribution < 1.29 is 13.2 Å². The number of hydrogen-bond donors (Lipinski definition) is 1. The highest BCUT2D eigenvalue weighted by Crippen LogP contribution is 2.32. The average molecular weight is 298 g/mol. The van der Waals surface area contributed by atoms with Gasteiger partial charge >= 0.3 is 6.18 Å². The molecule has 0 spiro atoms. The fraction of sp³-hybridized carbons (Fsp3) is 0.562. The summed E-state index contributed by atoms with van der Waals surface area (Å²) < 4.78 is 37.9. The van der Waals surface area contributed by atoms with E-state index < -0.39 is 11.7 Å². The molecule has 0 saturated heterocycles. The molecule has 0 aliphatic rings. The fourth-order valence-corrected chi connectivity index (χ4v) is 2.13. The first kappa shape index (κ1) is 17.4. The van der Waals surface area contributed by atoms with Crippen LogP contribution in [0.1, 0.15) is 56.6 Å². The molecule has 0 fully saturated rings. The summed E-state index contributed by atoms with van der Waals surface area (Å²) in [7, 11) is 0. The maximum Gasteiger partial charge on any atom is 0.417 e. The zero-order valence-corrected chi connectivity index (χ0v) is 12.3. The number of alkyl halides is 3. The molecule has 116 valence electrons. The summed E-state index contributed by atoms with van der Waals surface area (Å²) in [6, 6.07) is 5.21. The molecule has 1 aromatic rings. The molecule has 1 N–H and O–H groups in total. The molecule has 0 amide bonds. The molecule has 0 aliphatic carbocycles. The summed E-state index contributed by atoms with van der Waals surface area (Å²) in [6.45, 7) is 2.88. The van der Waals surface area contributed by atoms with Crippen LogP contribution >= 0.6 is 0 Å². The normalized spacial score (nSPS) is 11.2. The number of nitrogens with zero attached hydrogens (tertiary/aromatic N) is 1. The van der Waals surface area contributed by atoms with E-state index >= 15 is 0 Å². The predicted octanol–water partition coefficient (Wildman–Crippen LogP) is 5.35. The Hall–Kier alpha value is -1.70. The van der Waals surface area contributed by atoms with Crippen LogP contribution in [0.2, 0.25) is 0 Å². The van der Waals surface area contributed by atoms with Gasteiger partial charge in [0.15, 0.2) is 0 Å². The van der Waals surface area contributed by atoms with Crippen molar-refractivity contribution in [2.24, 2.45) is 0 Å². The lowest BCUT2D eigenvalue weighted by Crippen LogP contribution is -2.09. The van der Waals surface area contributed by atoms with Crippen molar-refractivity contribution in [3.8, 4) is 6.07 Å². The average Bonchev–Trinajstić information content (AvgIpc) is 2.45. The van der Waals surface area contributed by atoms with Crippen molar-refractivity contribution in [1.82, 2.24) is 0 Å². The number of unbranched alkanes of at least 4 members (excludes halogenated alkanes) is 5. The third-order valence-electron chi connectivity index (χ3n) is 3.30. The van der Waals surface area contributed by atoms with Crippen LogP contribution in [-0.2, 0) is 6.18 Å². The first-order chi connectivity index (χ1) is 9.99. The van der Waals surface area contributed by atoms with Gasteiger partial charge < -0.3 is 5.32 Å². The maximum absolute atomic E-state index is 12.6. The van der Waals surface area contributed by atoms with Crippen LogP contribution in [0.15, 0.2) is 18.2 Å². The van der Waals surface area contributed by atoms with Crippen LogP contribution in [0.3, 0.4) is 0 Å². The number of benzene rings is 1. The van der Waals surface area contributed by atoms with Gasteiger partial charge in [-0.3, -0.25) is 0 Å². The summed E-state index contributed by atoms with van der Waals surface area (Å²) in [5.74, 6) is 0. The molecule has 0 saturated carbocycles. The summed E-state index contributed by atoms with van der Waals surface area (Å²) in [4.78, 5) is 0. The maximum atomic E-state index is 12.6. The Kier molecular flexibility index (Phi) is 7.07. The number of rotatable bonds is 8. The van der Waals surface area contributed by atoms with Gasteiger partial charge in [0.2, 0.25) is 0 Å². The zero-order chi connectivity index (χ0) is 15.7. The van der Waals surface area contributed by atoms with Crippen molar-refractivity contribution in [1.29, 1.82) is 5.26 Å². The molecular weight excluding hydrogens is 277 g/mol. The molecule has 1 aromatic carbocycles. The molecule has 0 bridgehead atoms. The molecule has 1 rings (SSSR count). The Morgan fingerprint density at radius 2 is 1.76 bits per heavy atom. The van der Waals surface area contributed by atoms with Gasteiger partial charge in [0, 0.05) is 12.2 Å². The van der Waals surface area contributed by atoms with E-state index in [2.05, 4.69) is 12.2 Å². The topological polar surface area (TPSA) is 35.8 Å². The number of nitrogens with one attached hydrogen (secondary N) is 1. The van der Waals surface area contributed by atoms with Gasteiger partial charge in [0.25, 0.3) is 0 Å². The van der Waals surface area contributed by atoms with Gasteiger partial charge in [-0.15, -0.1) is 0 Å². The van der Waals surface area contributed by atoms with E-state index in [4.69, 9.17) is 5.26 Å². The Morgan fingerprint density at radius 1 is 1.10 bits per heavy atom. The third kappa shape index (κ3) is 6.07. The standard InChI is InChI=1S/C16H21F3N2/c1-2-3-4-5-6-7-10-21-14-8-9-15(16(17,18)19)13(11-14)12-20/h8-9,11,21H,2-7,10H2,1H3. The fourth-order valence-electron chi connectivity index (χ4n) is 2.13. The minimum absolute atomic E-state index is 0.338. The first-order valence-corrected chi connectivity index (χ1v) is 7.34. The van der Waals surface area contributed by atoms with Crippen molar-refractivity contribution in [3.05, 3.63) is 29.3 Å². The highest BCUT2D eigenvalue weighted by atomic mass is 19.4. The van der Waals surface area contributed by atoms with Gasteiger partial charge in [0.05, 0.1) is 17.2 Å². The number of nitriles is 1. The second kappa shape index (κ2) is 8.56. The van der Waals surface area contributed by atoms with Gasteiger partial charge in [-0.25, -0.2) is 0 Å². The molecular formula is C16H21F3N2. The number of halogens is 3. The Labute approximate surface area is 124 Å². The number of anilines is 1. The minimum Gasteiger partial charge on any atom is -0.385 e. The molecule has 2 nitrogen and oxygen atoms in total. The molecule has 0 atom stereocenters. The van der Waals surface area contributed by atoms with Gasteiger partial charge in [-0.1, -0.05) is 39.0 Å². The molecule has 0 radical (unpaired) electrons. The smallest absolute Gasteiger partial charge is 0.385 e. The van der Waals surface area contributed by atoms with E-state index in [0.717, 1.165) is 18.9 Å². The van der Waals surface area contributed by atoms with E-state index in [0.29, 0.717) is 12.2 Å². The van der Waals surface area contributed by atoms with E-state index in [1.165, 1.54) is 37.8 Å². The van der Waals surface area contributed by atoms with Gasteiger partial charge in [-0.05, 0) is 24.6 Å². The second-order valence-corrected chi connectivity index (χ2v) is 5.06. The largest absolute Gasteiger partial charge is 0.417 e. The Morgan fingerprint density at radius 3 is 2.38 bits per heavy atom. The highest BCUT2D eigenvalue weighted by molar-refractivity contribution is 5.53. The summed E-state index contributed by atoms with van der Waals surface area (Å²) >= 11 is 0. The van der Waals surface area contributed by atoms with Crippen LogP contribution in [0.25, 0.3) is 0 Å². The van der Waals surface area contributed by atoms with Crippen molar-refractivity contribution in [2.45, 2.75) is 51.6 Å². The van der Waals surface area contributed by atoms with Crippen LogP contribution < -0.4 is 5.32 Å². The van der Waals surface area contributed by atoms with E-state index in [-0.39, 0.29) is 5.56 Å². The molecule has 21 heavy (non-hydrogen) atoms. The van der Waals surface area contributed by atoms with Crippen LogP contribution in [0.4, 0.5) is 18.9 Å². The molecule has 0 unspecified atom stereocenters. The van der Waals surface area contributed by atoms with Gasteiger partial charge in [0.1, 0.15) is 0 Å². The summed E-state index contributed by atoms with van der Waals surface area (Å²) in [6.07, 6.45) is 2.48. The Balaban J connectivity index is 2.45. The van der Waals surface area contributed by atoms with E-state index in [1.54, 1.807) is 6.07 Å². The number of hydrogen-bond acceptors (Lipinski definition) is 2. The molecule has 0 aromatic heterocycles. The van der Waals surface area contributed by atoms with Crippen molar-refractivity contribution >= 4 is 5.69 Å². The van der Waals surface area contributed by atoms with Crippen LogP contribution in [0, 0.1) is 11.3 Å². The lowest BCUT2D eigenvalue weighted by atomic mass is 10.1. The van der Waals surface area contributed by atoms with Gasteiger partial charge in [-0.2, -0.15) is 18.4 Å². The van der Waals surface area contributed by atoms with E-state index in [1.807, 2.05) is 0 Å². The van der Waals surface area contributed by atoms with Crippen LogP contribution in [0.5, 0.6) is 0 Å². The SMILES string of the molecule is CCCCCCCCNc1ccc(C(F)(F)F)c(C#N)c1. The minimum atomic E-state index is -4.48. The zero-order valence-electron chi connectivity index (χ0n) is 12.3. The molecule has 5 heteroatoms. The first-order valence-electron chi connectivity index (χ1n) is 7.34. The summed E-state index contributed by atoms with van der Waals surface area (Å²) in [5.41, 5.74) is -0.654. The monoisotopic (exact) mass is 298 g/mol.